The Balaban J connectivity index is 2.10. The van der Waals surface area contributed by atoms with E-state index in [0.29, 0.717) is 18.7 Å². The summed E-state index contributed by atoms with van der Waals surface area (Å²) in [4.78, 5) is 12.9. The third-order valence-corrected chi connectivity index (χ3v) is 6.39. The average Bonchev–Trinajstić information content (AvgIpc) is 3.10. The Bertz CT molecular complexity index is 795. The highest BCUT2D eigenvalue weighted by Gasteiger charge is 2.27. The zero-order chi connectivity index (χ0) is 18.3. The number of thiophene rings is 1. The summed E-state index contributed by atoms with van der Waals surface area (Å²) in [6.45, 7) is 0.327. The maximum Gasteiger partial charge on any atom is 0.244 e. The van der Waals surface area contributed by atoms with Gasteiger partial charge in [0.25, 0.3) is 0 Å². The van der Waals surface area contributed by atoms with Crippen molar-refractivity contribution in [2.45, 2.75) is 23.9 Å². The van der Waals surface area contributed by atoms with Crippen molar-refractivity contribution in [3.05, 3.63) is 52.5 Å². The molecule has 2 rings (SSSR count). The number of halogens is 1. The van der Waals surface area contributed by atoms with Gasteiger partial charge in [0.1, 0.15) is 16.8 Å². The molecule has 1 aromatic heterocycles. The van der Waals surface area contributed by atoms with Gasteiger partial charge in [-0.25, -0.2) is 12.8 Å². The summed E-state index contributed by atoms with van der Waals surface area (Å²) in [6, 6.07) is 7.88. The van der Waals surface area contributed by atoms with Crippen LogP contribution in [-0.4, -0.2) is 32.4 Å². The Labute approximate surface area is 155 Å². The average molecular weight is 403 g/mol. The van der Waals surface area contributed by atoms with Crippen LogP contribution in [-0.2, 0) is 21.4 Å². The lowest BCUT2D eigenvalue weighted by Gasteiger charge is -2.18. The van der Waals surface area contributed by atoms with Crippen molar-refractivity contribution < 1.29 is 17.6 Å². The molecule has 0 saturated carbocycles. The van der Waals surface area contributed by atoms with Crippen molar-refractivity contribution in [3.63, 3.8) is 0 Å². The smallest absolute Gasteiger partial charge is 0.244 e. The number of sulfonamides is 1. The summed E-state index contributed by atoms with van der Waals surface area (Å²) in [5, 5.41) is 4.62. The van der Waals surface area contributed by atoms with Crippen LogP contribution in [0.1, 0.15) is 11.3 Å². The Kier molecular flexibility index (Phi) is 7.42. The second-order valence-electron chi connectivity index (χ2n) is 5.18. The number of nitrogens with one attached hydrogen (secondary N) is 2. The molecule has 1 amide bonds. The van der Waals surface area contributed by atoms with Gasteiger partial charge in [0.2, 0.25) is 15.9 Å². The second-order valence-corrected chi connectivity index (χ2v) is 8.88. The van der Waals surface area contributed by atoms with E-state index in [1.807, 2.05) is 23.8 Å². The number of benzene rings is 1. The van der Waals surface area contributed by atoms with E-state index in [1.54, 1.807) is 0 Å². The second kappa shape index (κ2) is 9.33. The molecule has 5 nitrogen and oxygen atoms in total. The molecule has 1 aromatic carbocycles. The lowest BCUT2D eigenvalue weighted by Crippen LogP contribution is -2.46. The van der Waals surface area contributed by atoms with Gasteiger partial charge in [-0.05, 0) is 42.0 Å². The van der Waals surface area contributed by atoms with Gasteiger partial charge in [0.15, 0.2) is 0 Å². The maximum absolute atomic E-state index is 13.8. The van der Waals surface area contributed by atoms with Gasteiger partial charge in [0, 0.05) is 4.88 Å². The van der Waals surface area contributed by atoms with Crippen molar-refractivity contribution >= 4 is 39.0 Å². The SMILES string of the molecule is CSCC[C@H](NS(=O)(=O)c1ccccc1F)C(=O)NCc1cccs1. The van der Waals surface area contributed by atoms with Gasteiger partial charge < -0.3 is 5.32 Å². The minimum absolute atomic E-state index is 0.311. The van der Waals surface area contributed by atoms with Crippen LogP contribution < -0.4 is 10.0 Å². The van der Waals surface area contributed by atoms with E-state index in [1.165, 1.54) is 41.3 Å². The zero-order valence-electron chi connectivity index (χ0n) is 13.6. The molecule has 25 heavy (non-hydrogen) atoms. The molecule has 0 spiro atoms. The first-order chi connectivity index (χ1) is 11.9. The molecule has 1 atom stereocenters. The number of carbonyl (C=O) groups excluding carboxylic acids is 1. The first-order valence-corrected chi connectivity index (χ1v) is 11.3. The Hall–Kier alpha value is -1.42. The molecular formula is C16H19FN2O3S3. The predicted molar refractivity (Wildman–Crippen MR) is 99.7 cm³/mol. The first-order valence-electron chi connectivity index (χ1n) is 7.50. The van der Waals surface area contributed by atoms with Gasteiger partial charge in [-0.1, -0.05) is 18.2 Å². The van der Waals surface area contributed by atoms with Crippen LogP contribution in [0.25, 0.3) is 0 Å². The van der Waals surface area contributed by atoms with Gasteiger partial charge in [-0.15, -0.1) is 11.3 Å². The van der Waals surface area contributed by atoms with E-state index in [0.717, 1.165) is 10.9 Å². The molecule has 0 aliphatic rings. The molecule has 0 unspecified atom stereocenters. The predicted octanol–water partition coefficient (Wildman–Crippen LogP) is 2.60. The van der Waals surface area contributed by atoms with Gasteiger partial charge in [-0.2, -0.15) is 16.5 Å². The van der Waals surface area contributed by atoms with Crippen molar-refractivity contribution in [2.75, 3.05) is 12.0 Å². The van der Waals surface area contributed by atoms with Crippen LogP contribution in [0.3, 0.4) is 0 Å². The number of rotatable bonds is 9. The molecule has 1 heterocycles. The van der Waals surface area contributed by atoms with E-state index < -0.39 is 32.7 Å². The van der Waals surface area contributed by atoms with Gasteiger partial charge in [-0.3, -0.25) is 4.79 Å². The highest BCUT2D eigenvalue weighted by Crippen LogP contribution is 2.15. The summed E-state index contributed by atoms with van der Waals surface area (Å²) in [5.41, 5.74) is 0. The van der Waals surface area contributed by atoms with Crippen LogP contribution in [0.5, 0.6) is 0 Å². The minimum Gasteiger partial charge on any atom is -0.350 e. The minimum atomic E-state index is -4.13. The summed E-state index contributed by atoms with van der Waals surface area (Å²) in [5.74, 6) is -0.684. The standard InChI is InChI=1S/C16H19FN2O3S3/c1-23-10-8-14(16(20)18-11-12-5-4-9-24-12)19-25(21,22)15-7-3-2-6-13(15)17/h2-7,9,14,19H,8,10-11H2,1H3,(H,18,20)/t14-/m0/s1. The normalized spacial score (nSPS) is 12.7. The molecule has 2 N–H and O–H groups in total. The lowest BCUT2D eigenvalue weighted by molar-refractivity contribution is -0.122. The fourth-order valence-electron chi connectivity index (χ4n) is 2.10. The maximum atomic E-state index is 13.8. The van der Waals surface area contributed by atoms with Crippen molar-refractivity contribution in [1.82, 2.24) is 10.0 Å². The molecular weight excluding hydrogens is 383 g/mol. The lowest BCUT2D eigenvalue weighted by atomic mass is 10.2. The van der Waals surface area contributed by atoms with Crippen molar-refractivity contribution in [2.24, 2.45) is 0 Å². The molecule has 9 heteroatoms. The van der Waals surface area contributed by atoms with E-state index in [-0.39, 0.29) is 0 Å². The number of carbonyl (C=O) groups is 1. The van der Waals surface area contributed by atoms with Crippen LogP contribution in [0.4, 0.5) is 4.39 Å². The summed E-state index contributed by atoms with van der Waals surface area (Å²) in [7, 11) is -4.13. The zero-order valence-corrected chi connectivity index (χ0v) is 16.0. The summed E-state index contributed by atoms with van der Waals surface area (Å²) in [6.07, 6.45) is 2.18. The third kappa shape index (κ3) is 5.81. The van der Waals surface area contributed by atoms with E-state index in [4.69, 9.17) is 0 Å². The Morgan fingerprint density at radius 3 is 2.68 bits per heavy atom. The quantitative estimate of drug-likeness (QED) is 0.676. The molecule has 0 aliphatic heterocycles. The fraction of sp³-hybridized carbons (Fsp3) is 0.312. The van der Waals surface area contributed by atoms with Crippen LogP contribution in [0.2, 0.25) is 0 Å². The molecule has 0 radical (unpaired) electrons. The van der Waals surface area contributed by atoms with Crippen molar-refractivity contribution in [1.29, 1.82) is 0 Å². The van der Waals surface area contributed by atoms with E-state index in [9.17, 15) is 17.6 Å². The molecule has 2 aromatic rings. The third-order valence-electron chi connectivity index (χ3n) is 3.37. The van der Waals surface area contributed by atoms with Crippen molar-refractivity contribution in [3.8, 4) is 0 Å². The Morgan fingerprint density at radius 2 is 2.04 bits per heavy atom. The largest absolute Gasteiger partial charge is 0.350 e. The molecule has 0 aliphatic carbocycles. The number of amides is 1. The number of thioether (sulfide) groups is 1. The topological polar surface area (TPSA) is 75.3 Å². The highest BCUT2D eigenvalue weighted by molar-refractivity contribution is 7.98. The Morgan fingerprint density at radius 1 is 1.28 bits per heavy atom. The van der Waals surface area contributed by atoms with Gasteiger partial charge in [0.05, 0.1) is 6.54 Å². The molecule has 136 valence electrons. The molecule has 0 fully saturated rings. The summed E-state index contributed by atoms with van der Waals surface area (Å²) >= 11 is 3.00. The number of hydrogen-bond donors (Lipinski definition) is 2. The van der Waals surface area contributed by atoms with E-state index in [2.05, 4.69) is 10.0 Å². The van der Waals surface area contributed by atoms with Crippen LogP contribution >= 0.6 is 23.1 Å². The number of hydrogen-bond acceptors (Lipinski definition) is 5. The van der Waals surface area contributed by atoms with Crippen LogP contribution in [0.15, 0.2) is 46.7 Å². The van der Waals surface area contributed by atoms with Crippen LogP contribution in [0, 0.1) is 5.82 Å². The first kappa shape index (κ1) is 19.9. The molecule has 0 bridgehead atoms. The van der Waals surface area contributed by atoms with E-state index >= 15 is 0 Å². The van der Waals surface area contributed by atoms with Gasteiger partial charge >= 0.3 is 0 Å². The fourth-order valence-corrected chi connectivity index (χ4v) is 4.53. The monoisotopic (exact) mass is 402 g/mol. The molecule has 0 saturated heterocycles. The summed E-state index contributed by atoms with van der Waals surface area (Å²) < 4.78 is 41.0. The highest BCUT2D eigenvalue weighted by atomic mass is 32.2.